The molecule has 3 aliphatic heterocycles. The highest BCUT2D eigenvalue weighted by Gasteiger charge is 2.35. The first-order valence-corrected chi connectivity index (χ1v) is 6.97. The molecule has 1 aromatic carbocycles. The molecular weight excluding hydrogens is 244 g/mol. The van der Waals surface area contributed by atoms with Crippen molar-refractivity contribution in [1.29, 1.82) is 0 Å². The Morgan fingerprint density at radius 3 is 2.56 bits per heavy atom. The quantitative estimate of drug-likeness (QED) is 0.828. The van der Waals surface area contributed by atoms with Crippen LogP contribution in [-0.2, 0) is 4.74 Å². The molecule has 0 spiro atoms. The smallest absolute Gasteiger partial charge is 0.261 e. The highest BCUT2D eigenvalue weighted by atomic mass is 32.1. The lowest BCUT2D eigenvalue weighted by Gasteiger charge is -2.44. The van der Waals surface area contributed by atoms with E-state index in [1.54, 1.807) is 0 Å². The van der Waals surface area contributed by atoms with Gasteiger partial charge >= 0.3 is 0 Å². The van der Waals surface area contributed by atoms with Gasteiger partial charge in [-0.1, -0.05) is 18.2 Å². The van der Waals surface area contributed by atoms with Crippen molar-refractivity contribution in [1.82, 2.24) is 4.90 Å². The topological polar surface area (TPSA) is 24.5 Å². The summed E-state index contributed by atoms with van der Waals surface area (Å²) >= 11 is 5.28. The lowest BCUT2D eigenvalue weighted by Crippen LogP contribution is -2.52. The van der Waals surface area contributed by atoms with E-state index < -0.39 is 0 Å². The molecule has 0 aliphatic carbocycles. The van der Waals surface area contributed by atoms with Crippen molar-refractivity contribution >= 4 is 23.1 Å². The van der Waals surface area contributed by atoms with Gasteiger partial charge in [0.25, 0.3) is 5.17 Å². The number of rotatable bonds is 2. The second-order valence-corrected chi connectivity index (χ2v) is 5.44. The first kappa shape index (κ1) is 11.9. The minimum Gasteiger partial charge on any atom is -0.466 e. The highest BCUT2D eigenvalue weighted by Crippen LogP contribution is 2.29. The molecule has 3 saturated heterocycles. The maximum Gasteiger partial charge on any atom is 0.261 e. The summed E-state index contributed by atoms with van der Waals surface area (Å²) in [6.07, 6.45) is 2.77. The van der Waals surface area contributed by atoms with Gasteiger partial charge in [-0.3, -0.25) is 4.90 Å². The molecule has 0 saturated carbocycles. The van der Waals surface area contributed by atoms with E-state index in [0.717, 1.165) is 12.2 Å². The fourth-order valence-corrected chi connectivity index (χ4v) is 3.09. The fraction of sp³-hybridized carbons (Fsp3) is 0.500. The number of benzene rings is 1. The van der Waals surface area contributed by atoms with Gasteiger partial charge in [-0.15, -0.1) is 0 Å². The Hall–Kier alpha value is -1.13. The van der Waals surface area contributed by atoms with Gasteiger partial charge in [-0.05, 0) is 56.2 Å². The SMILES string of the molecule is S=C(Nc1ccccc1)OC1CN2CCC1CC2. The van der Waals surface area contributed by atoms with E-state index >= 15 is 0 Å². The van der Waals surface area contributed by atoms with Crippen LogP contribution in [0, 0.1) is 5.92 Å². The lowest BCUT2D eigenvalue weighted by molar-refractivity contribution is -0.0128. The number of para-hydroxylation sites is 1. The molecule has 0 amide bonds. The second kappa shape index (κ2) is 5.24. The molecule has 4 heteroatoms. The third-order valence-electron chi connectivity index (χ3n) is 3.87. The average Bonchev–Trinajstić information content (AvgIpc) is 2.41. The molecule has 3 nitrogen and oxygen atoms in total. The summed E-state index contributed by atoms with van der Waals surface area (Å²) in [7, 11) is 0. The Labute approximate surface area is 113 Å². The summed E-state index contributed by atoms with van der Waals surface area (Å²) < 4.78 is 5.91. The standard InChI is InChI=1S/C14H18N2OS/c18-14(15-12-4-2-1-3-5-12)17-13-10-16-8-6-11(13)7-9-16/h1-5,11,13H,6-10H2,(H,15,18). The molecule has 1 N–H and O–H groups in total. The molecule has 3 aliphatic rings. The summed E-state index contributed by atoms with van der Waals surface area (Å²) in [4.78, 5) is 2.47. The monoisotopic (exact) mass is 262 g/mol. The van der Waals surface area contributed by atoms with Crippen LogP contribution in [0.25, 0.3) is 0 Å². The van der Waals surface area contributed by atoms with Gasteiger partial charge in [0.2, 0.25) is 0 Å². The molecule has 0 aromatic heterocycles. The maximum atomic E-state index is 5.91. The molecule has 3 fully saturated rings. The zero-order chi connectivity index (χ0) is 12.4. The third-order valence-corrected chi connectivity index (χ3v) is 4.07. The predicted molar refractivity (Wildman–Crippen MR) is 76.7 cm³/mol. The van der Waals surface area contributed by atoms with E-state index in [1.165, 1.54) is 25.9 Å². The summed E-state index contributed by atoms with van der Waals surface area (Å²) in [5.74, 6) is 0.686. The van der Waals surface area contributed by atoms with Crippen LogP contribution in [0.15, 0.2) is 30.3 Å². The molecule has 1 aromatic rings. The Kier molecular flexibility index (Phi) is 3.48. The second-order valence-electron chi connectivity index (χ2n) is 5.07. The molecule has 3 heterocycles. The zero-order valence-corrected chi connectivity index (χ0v) is 11.2. The number of piperidine rings is 3. The summed E-state index contributed by atoms with van der Waals surface area (Å²) in [5, 5.41) is 3.64. The third kappa shape index (κ3) is 2.65. The summed E-state index contributed by atoms with van der Waals surface area (Å²) in [6, 6.07) is 9.94. The van der Waals surface area contributed by atoms with Crippen molar-refractivity contribution < 1.29 is 4.74 Å². The van der Waals surface area contributed by atoms with Crippen LogP contribution in [0.3, 0.4) is 0 Å². The normalized spacial score (nSPS) is 29.9. The van der Waals surface area contributed by atoms with Crippen molar-refractivity contribution in [2.24, 2.45) is 5.92 Å². The average molecular weight is 262 g/mol. The van der Waals surface area contributed by atoms with Gasteiger partial charge in [0.1, 0.15) is 6.10 Å². The van der Waals surface area contributed by atoms with Crippen LogP contribution in [0.1, 0.15) is 12.8 Å². The van der Waals surface area contributed by atoms with Gasteiger partial charge in [-0.25, -0.2) is 0 Å². The minimum absolute atomic E-state index is 0.274. The van der Waals surface area contributed by atoms with Crippen LogP contribution >= 0.6 is 12.2 Å². The largest absolute Gasteiger partial charge is 0.466 e. The number of fused-ring (bicyclic) bond motifs is 3. The van der Waals surface area contributed by atoms with Crippen molar-refractivity contribution in [2.75, 3.05) is 25.0 Å². The molecule has 1 atom stereocenters. The number of hydrogen-bond acceptors (Lipinski definition) is 3. The van der Waals surface area contributed by atoms with Crippen molar-refractivity contribution in [3.8, 4) is 0 Å². The Bertz CT molecular complexity index is 415. The van der Waals surface area contributed by atoms with Crippen molar-refractivity contribution in [3.05, 3.63) is 30.3 Å². The fourth-order valence-electron chi connectivity index (χ4n) is 2.85. The van der Waals surface area contributed by atoms with Gasteiger partial charge < -0.3 is 10.1 Å². The molecule has 2 bridgehead atoms. The van der Waals surface area contributed by atoms with Crippen LogP contribution in [0.2, 0.25) is 0 Å². The van der Waals surface area contributed by atoms with Gasteiger partial charge in [-0.2, -0.15) is 0 Å². The Balaban J connectivity index is 1.55. The van der Waals surface area contributed by atoms with Gasteiger partial charge in [0, 0.05) is 12.2 Å². The Morgan fingerprint density at radius 1 is 1.22 bits per heavy atom. The van der Waals surface area contributed by atoms with Crippen LogP contribution in [-0.4, -0.2) is 35.8 Å². The molecule has 0 radical (unpaired) electrons. The van der Waals surface area contributed by atoms with E-state index in [1.807, 2.05) is 30.3 Å². The Morgan fingerprint density at radius 2 is 1.94 bits per heavy atom. The van der Waals surface area contributed by atoms with Gasteiger partial charge in [0.05, 0.1) is 0 Å². The van der Waals surface area contributed by atoms with Crippen LogP contribution in [0.4, 0.5) is 5.69 Å². The first-order valence-electron chi connectivity index (χ1n) is 6.56. The molecule has 96 valence electrons. The van der Waals surface area contributed by atoms with E-state index in [2.05, 4.69) is 10.2 Å². The molecule has 4 rings (SSSR count). The highest BCUT2D eigenvalue weighted by molar-refractivity contribution is 7.80. The van der Waals surface area contributed by atoms with E-state index in [0.29, 0.717) is 11.1 Å². The first-order chi connectivity index (χ1) is 8.81. The lowest BCUT2D eigenvalue weighted by atomic mass is 9.86. The molecular formula is C14H18N2OS. The van der Waals surface area contributed by atoms with E-state index in [9.17, 15) is 0 Å². The minimum atomic E-state index is 0.274. The number of hydrogen-bond donors (Lipinski definition) is 1. The van der Waals surface area contributed by atoms with Gasteiger partial charge in [0.15, 0.2) is 0 Å². The zero-order valence-electron chi connectivity index (χ0n) is 10.3. The summed E-state index contributed by atoms with van der Waals surface area (Å²) in [5.41, 5.74) is 0.990. The number of anilines is 1. The van der Waals surface area contributed by atoms with Crippen LogP contribution in [0.5, 0.6) is 0 Å². The van der Waals surface area contributed by atoms with Crippen LogP contribution < -0.4 is 5.32 Å². The number of thiocarbonyl (C=S) groups is 1. The van der Waals surface area contributed by atoms with E-state index in [-0.39, 0.29) is 6.10 Å². The molecule has 18 heavy (non-hydrogen) atoms. The number of nitrogens with zero attached hydrogens (tertiary/aromatic N) is 1. The van der Waals surface area contributed by atoms with Crippen molar-refractivity contribution in [2.45, 2.75) is 18.9 Å². The van der Waals surface area contributed by atoms with Crippen molar-refractivity contribution in [3.63, 3.8) is 0 Å². The molecule has 1 unspecified atom stereocenters. The number of nitrogens with one attached hydrogen (secondary N) is 1. The maximum absolute atomic E-state index is 5.91. The van der Waals surface area contributed by atoms with E-state index in [4.69, 9.17) is 17.0 Å². The predicted octanol–water partition coefficient (Wildman–Crippen LogP) is 2.49. The summed E-state index contributed by atoms with van der Waals surface area (Å²) in [6.45, 7) is 3.48. The number of ether oxygens (including phenoxy) is 1.